The summed E-state index contributed by atoms with van der Waals surface area (Å²) in [5, 5.41) is 3.28. The van der Waals surface area contributed by atoms with E-state index in [4.69, 9.17) is 9.97 Å². The molecule has 4 rings (SSSR count). The van der Waals surface area contributed by atoms with Crippen LogP contribution in [-0.2, 0) is 0 Å². The Morgan fingerprint density at radius 2 is 1.86 bits per heavy atom. The molecule has 1 saturated heterocycles. The number of fused-ring (bicyclic) bond motifs is 1. The second-order valence-corrected chi connectivity index (χ2v) is 7.00. The Morgan fingerprint density at radius 1 is 1.05 bits per heavy atom. The fraction of sp³-hybridized carbons (Fsp3) is 0.765. The van der Waals surface area contributed by atoms with Gasteiger partial charge in [0.05, 0.1) is 0 Å². The van der Waals surface area contributed by atoms with E-state index in [-0.39, 0.29) is 0 Å². The van der Waals surface area contributed by atoms with Crippen LogP contribution in [0, 0.1) is 12.8 Å². The Labute approximate surface area is 127 Å². The molecule has 0 amide bonds. The average molecular weight is 286 g/mol. The molecular weight excluding hydrogens is 260 g/mol. The first-order valence-corrected chi connectivity index (χ1v) is 8.61. The highest BCUT2D eigenvalue weighted by Gasteiger charge is 2.38. The number of nitrogens with one attached hydrogen (secondary N) is 1. The maximum Gasteiger partial charge on any atom is 0.137 e. The van der Waals surface area contributed by atoms with Crippen molar-refractivity contribution in [2.45, 2.75) is 63.8 Å². The lowest BCUT2D eigenvalue weighted by Crippen LogP contribution is -2.36. The molecule has 0 aromatic carbocycles. The molecule has 1 N–H and O–H groups in total. The van der Waals surface area contributed by atoms with E-state index in [1.807, 2.05) is 7.05 Å². The Balaban J connectivity index is 1.71. The van der Waals surface area contributed by atoms with Gasteiger partial charge in [0.15, 0.2) is 0 Å². The van der Waals surface area contributed by atoms with Crippen molar-refractivity contribution in [3.05, 3.63) is 11.4 Å². The van der Waals surface area contributed by atoms with Crippen molar-refractivity contribution in [3.8, 4) is 0 Å². The molecule has 3 aliphatic rings. The number of rotatable bonds is 3. The minimum atomic E-state index is 0.612. The number of anilines is 2. The third-order valence-electron chi connectivity index (χ3n) is 5.60. The second-order valence-electron chi connectivity index (χ2n) is 7.00. The summed E-state index contributed by atoms with van der Waals surface area (Å²) >= 11 is 0. The van der Waals surface area contributed by atoms with Gasteiger partial charge in [-0.25, -0.2) is 9.97 Å². The van der Waals surface area contributed by atoms with Gasteiger partial charge in [0.25, 0.3) is 0 Å². The van der Waals surface area contributed by atoms with Crippen molar-refractivity contribution in [1.29, 1.82) is 0 Å². The zero-order chi connectivity index (χ0) is 14.4. The van der Waals surface area contributed by atoms with E-state index < -0.39 is 0 Å². The topological polar surface area (TPSA) is 41.1 Å². The molecule has 2 atom stereocenters. The van der Waals surface area contributed by atoms with Crippen molar-refractivity contribution in [2.24, 2.45) is 5.92 Å². The lowest BCUT2D eigenvalue weighted by atomic mass is 9.85. The predicted molar refractivity (Wildman–Crippen MR) is 86.0 cm³/mol. The van der Waals surface area contributed by atoms with Gasteiger partial charge in [-0.05, 0) is 44.9 Å². The van der Waals surface area contributed by atoms with Gasteiger partial charge in [-0.3, -0.25) is 0 Å². The van der Waals surface area contributed by atoms with Gasteiger partial charge in [0.1, 0.15) is 17.5 Å². The molecule has 1 aromatic rings. The maximum atomic E-state index is 4.99. The largest absolute Gasteiger partial charge is 0.373 e. The van der Waals surface area contributed by atoms with Crippen LogP contribution in [0.1, 0.15) is 62.3 Å². The van der Waals surface area contributed by atoms with Crippen molar-refractivity contribution < 1.29 is 0 Å². The molecule has 114 valence electrons. The highest BCUT2D eigenvalue weighted by Crippen LogP contribution is 2.43. The van der Waals surface area contributed by atoms with E-state index in [2.05, 4.69) is 17.1 Å². The van der Waals surface area contributed by atoms with E-state index in [0.717, 1.165) is 23.6 Å². The summed E-state index contributed by atoms with van der Waals surface area (Å²) in [5.41, 5.74) is 1.23. The third kappa shape index (κ3) is 2.29. The Hall–Kier alpha value is -1.32. The van der Waals surface area contributed by atoms with Crippen LogP contribution in [0.15, 0.2) is 0 Å². The van der Waals surface area contributed by atoms with Crippen LogP contribution in [0.2, 0.25) is 0 Å². The van der Waals surface area contributed by atoms with Crippen LogP contribution < -0.4 is 10.2 Å². The number of hydrogen-bond acceptors (Lipinski definition) is 4. The summed E-state index contributed by atoms with van der Waals surface area (Å²) in [7, 11) is 1.98. The van der Waals surface area contributed by atoms with Crippen LogP contribution in [-0.4, -0.2) is 29.6 Å². The molecule has 2 unspecified atom stereocenters. The molecule has 0 radical (unpaired) electrons. The van der Waals surface area contributed by atoms with Gasteiger partial charge in [-0.15, -0.1) is 0 Å². The number of nitrogens with zero attached hydrogens (tertiary/aromatic N) is 3. The molecule has 21 heavy (non-hydrogen) atoms. The summed E-state index contributed by atoms with van der Waals surface area (Å²) in [4.78, 5) is 12.3. The Morgan fingerprint density at radius 3 is 2.62 bits per heavy atom. The normalized spacial score (nSPS) is 28.6. The third-order valence-corrected chi connectivity index (χ3v) is 5.60. The first kappa shape index (κ1) is 13.4. The van der Waals surface area contributed by atoms with E-state index in [1.54, 1.807) is 0 Å². The van der Waals surface area contributed by atoms with Crippen molar-refractivity contribution in [2.75, 3.05) is 23.8 Å². The molecule has 2 aliphatic carbocycles. The average Bonchev–Trinajstić information content (AvgIpc) is 3.27. The summed E-state index contributed by atoms with van der Waals surface area (Å²) in [6.45, 7) is 3.36. The SMILES string of the molecule is CNc1nc(C2CC2)nc(N2CCC3CCCCC32)c1C. The minimum Gasteiger partial charge on any atom is -0.373 e. The van der Waals surface area contributed by atoms with Gasteiger partial charge in [-0.1, -0.05) is 12.8 Å². The maximum absolute atomic E-state index is 4.99. The van der Waals surface area contributed by atoms with E-state index >= 15 is 0 Å². The standard InChI is InChI=1S/C17H26N4/c1-11-15(18-2)19-16(13-7-8-13)20-17(11)21-10-9-12-5-3-4-6-14(12)21/h12-14H,3-10H2,1-2H3,(H,18,19,20). The predicted octanol–water partition coefficient (Wildman–Crippen LogP) is 3.47. The van der Waals surface area contributed by atoms with E-state index in [0.29, 0.717) is 5.92 Å². The van der Waals surface area contributed by atoms with Crippen LogP contribution in [0.4, 0.5) is 11.6 Å². The monoisotopic (exact) mass is 286 g/mol. The minimum absolute atomic E-state index is 0.612. The van der Waals surface area contributed by atoms with Crippen molar-refractivity contribution in [1.82, 2.24) is 9.97 Å². The number of aromatic nitrogens is 2. The summed E-state index contributed by atoms with van der Waals surface area (Å²) < 4.78 is 0. The summed E-state index contributed by atoms with van der Waals surface area (Å²) in [5.74, 6) is 4.82. The fourth-order valence-corrected chi connectivity index (χ4v) is 4.24. The Kier molecular flexibility index (Phi) is 3.27. The van der Waals surface area contributed by atoms with Gasteiger partial charge in [0.2, 0.25) is 0 Å². The first-order chi connectivity index (χ1) is 10.3. The van der Waals surface area contributed by atoms with Gasteiger partial charge >= 0.3 is 0 Å². The molecule has 0 bridgehead atoms. The molecule has 4 nitrogen and oxygen atoms in total. The van der Waals surface area contributed by atoms with Gasteiger partial charge in [-0.2, -0.15) is 0 Å². The lowest BCUT2D eigenvalue weighted by Gasteiger charge is -2.33. The molecule has 3 fully saturated rings. The molecular formula is C17H26N4. The van der Waals surface area contributed by atoms with E-state index in [1.165, 1.54) is 62.9 Å². The Bertz CT molecular complexity index is 538. The summed E-state index contributed by atoms with van der Waals surface area (Å²) in [6.07, 6.45) is 9.45. The molecule has 0 spiro atoms. The van der Waals surface area contributed by atoms with Gasteiger partial charge in [0, 0.05) is 31.1 Å². The van der Waals surface area contributed by atoms with E-state index in [9.17, 15) is 0 Å². The second kappa shape index (κ2) is 5.15. The highest BCUT2D eigenvalue weighted by molar-refractivity contribution is 5.60. The smallest absolute Gasteiger partial charge is 0.137 e. The molecule has 1 aliphatic heterocycles. The number of hydrogen-bond donors (Lipinski definition) is 1. The van der Waals surface area contributed by atoms with Crippen LogP contribution >= 0.6 is 0 Å². The molecule has 4 heteroatoms. The zero-order valence-electron chi connectivity index (χ0n) is 13.2. The van der Waals surface area contributed by atoms with Crippen LogP contribution in [0.5, 0.6) is 0 Å². The molecule has 1 aromatic heterocycles. The molecule has 2 saturated carbocycles. The lowest BCUT2D eigenvalue weighted by molar-refractivity contribution is 0.341. The van der Waals surface area contributed by atoms with Crippen molar-refractivity contribution >= 4 is 11.6 Å². The zero-order valence-corrected chi connectivity index (χ0v) is 13.2. The fourth-order valence-electron chi connectivity index (χ4n) is 4.24. The van der Waals surface area contributed by atoms with Gasteiger partial charge < -0.3 is 10.2 Å². The quantitative estimate of drug-likeness (QED) is 0.923. The molecule has 2 heterocycles. The first-order valence-electron chi connectivity index (χ1n) is 8.61. The van der Waals surface area contributed by atoms with Crippen LogP contribution in [0.3, 0.4) is 0 Å². The van der Waals surface area contributed by atoms with Crippen LogP contribution in [0.25, 0.3) is 0 Å². The highest BCUT2D eigenvalue weighted by atomic mass is 15.3. The summed E-state index contributed by atoms with van der Waals surface area (Å²) in [6, 6.07) is 0.726. The van der Waals surface area contributed by atoms with Crippen molar-refractivity contribution in [3.63, 3.8) is 0 Å².